The van der Waals surface area contributed by atoms with Crippen LogP contribution in [0.1, 0.15) is 44.6 Å². The zero-order valence-corrected chi connectivity index (χ0v) is 13.1. The van der Waals surface area contributed by atoms with Crippen molar-refractivity contribution < 1.29 is 0 Å². The lowest BCUT2D eigenvalue weighted by Crippen LogP contribution is -2.31. The van der Waals surface area contributed by atoms with E-state index in [9.17, 15) is 0 Å². The van der Waals surface area contributed by atoms with E-state index in [2.05, 4.69) is 42.3 Å². The third-order valence-corrected chi connectivity index (χ3v) is 5.52. The number of nitrogens with one attached hydrogen (secondary N) is 1. The van der Waals surface area contributed by atoms with Gasteiger partial charge in [-0.1, -0.05) is 19.3 Å². The van der Waals surface area contributed by atoms with Gasteiger partial charge >= 0.3 is 0 Å². The fourth-order valence-corrected chi connectivity index (χ4v) is 4.15. The molecule has 1 aromatic rings. The number of hydrogen-bond donors (Lipinski definition) is 1. The van der Waals surface area contributed by atoms with Gasteiger partial charge in [0, 0.05) is 29.8 Å². The predicted molar refractivity (Wildman–Crippen MR) is 83.8 cm³/mol. The molecule has 19 heavy (non-hydrogen) atoms. The normalized spacial score (nSPS) is 18.6. The Bertz CT molecular complexity index is 358. The van der Waals surface area contributed by atoms with Crippen LogP contribution in [0.4, 0.5) is 0 Å². The molecule has 4 heteroatoms. The lowest BCUT2D eigenvalue weighted by atomic mass is 10.0. The predicted octanol–water partition coefficient (Wildman–Crippen LogP) is 3.10. The average Bonchev–Trinajstić information content (AvgIpc) is 2.92. The molecule has 1 aliphatic carbocycles. The standard InChI is InChI=1S/C15H27N3S/c1-3-18-11-13(10-17-18)9-14(16-2)12-19-15-7-5-4-6-8-15/h10-11,14-16H,3-9,12H2,1-2H3. The van der Waals surface area contributed by atoms with E-state index in [1.165, 1.54) is 43.4 Å². The summed E-state index contributed by atoms with van der Waals surface area (Å²) >= 11 is 2.17. The first-order chi connectivity index (χ1) is 9.31. The minimum absolute atomic E-state index is 0.571. The number of thioether (sulfide) groups is 1. The van der Waals surface area contributed by atoms with Gasteiger partial charge in [0.25, 0.3) is 0 Å². The van der Waals surface area contributed by atoms with E-state index in [0.29, 0.717) is 6.04 Å². The molecular weight excluding hydrogens is 254 g/mol. The van der Waals surface area contributed by atoms with E-state index in [0.717, 1.165) is 18.2 Å². The van der Waals surface area contributed by atoms with Gasteiger partial charge in [-0.25, -0.2) is 0 Å². The minimum atomic E-state index is 0.571. The maximum absolute atomic E-state index is 4.35. The molecule has 2 rings (SSSR count). The van der Waals surface area contributed by atoms with E-state index in [4.69, 9.17) is 0 Å². The Morgan fingerprint density at radius 3 is 2.84 bits per heavy atom. The molecule has 1 aliphatic rings. The summed E-state index contributed by atoms with van der Waals surface area (Å²) in [4.78, 5) is 0. The van der Waals surface area contributed by atoms with Crippen LogP contribution in [0.5, 0.6) is 0 Å². The number of likely N-dealkylation sites (N-methyl/N-ethyl adjacent to an activating group) is 1. The largest absolute Gasteiger partial charge is 0.316 e. The molecule has 0 amide bonds. The number of rotatable bonds is 7. The first kappa shape index (κ1) is 14.9. The average molecular weight is 281 g/mol. The molecular formula is C15H27N3S. The summed E-state index contributed by atoms with van der Waals surface area (Å²) in [7, 11) is 2.08. The minimum Gasteiger partial charge on any atom is -0.316 e. The zero-order chi connectivity index (χ0) is 13.5. The van der Waals surface area contributed by atoms with E-state index in [-0.39, 0.29) is 0 Å². The summed E-state index contributed by atoms with van der Waals surface area (Å²) in [5, 5.41) is 8.72. The summed E-state index contributed by atoms with van der Waals surface area (Å²) in [5.74, 6) is 1.22. The van der Waals surface area contributed by atoms with Crippen LogP contribution in [-0.4, -0.2) is 33.9 Å². The summed E-state index contributed by atoms with van der Waals surface area (Å²) < 4.78 is 2.01. The van der Waals surface area contributed by atoms with Gasteiger partial charge < -0.3 is 5.32 Å². The molecule has 108 valence electrons. The van der Waals surface area contributed by atoms with Crippen LogP contribution < -0.4 is 5.32 Å². The van der Waals surface area contributed by atoms with Gasteiger partial charge in [-0.15, -0.1) is 0 Å². The van der Waals surface area contributed by atoms with Crippen LogP contribution >= 0.6 is 11.8 Å². The summed E-state index contributed by atoms with van der Waals surface area (Å²) in [6, 6.07) is 0.571. The maximum atomic E-state index is 4.35. The highest BCUT2D eigenvalue weighted by atomic mass is 32.2. The third kappa shape index (κ3) is 4.84. The Balaban J connectivity index is 1.75. The summed E-state index contributed by atoms with van der Waals surface area (Å²) in [5.41, 5.74) is 1.35. The summed E-state index contributed by atoms with van der Waals surface area (Å²) in [6.07, 6.45) is 12.5. The first-order valence-corrected chi connectivity index (χ1v) is 8.67. The molecule has 0 radical (unpaired) electrons. The molecule has 0 bridgehead atoms. The lowest BCUT2D eigenvalue weighted by Gasteiger charge is -2.23. The van der Waals surface area contributed by atoms with Gasteiger partial charge in [0.1, 0.15) is 0 Å². The first-order valence-electron chi connectivity index (χ1n) is 7.62. The number of aromatic nitrogens is 2. The second-order valence-electron chi connectivity index (χ2n) is 5.49. The Morgan fingerprint density at radius 2 is 2.21 bits per heavy atom. The number of nitrogens with zero attached hydrogens (tertiary/aromatic N) is 2. The molecule has 0 spiro atoms. The summed E-state index contributed by atoms with van der Waals surface area (Å²) in [6.45, 7) is 3.09. The molecule has 1 aromatic heterocycles. The van der Waals surface area contributed by atoms with E-state index >= 15 is 0 Å². The smallest absolute Gasteiger partial charge is 0.0522 e. The molecule has 1 heterocycles. The van der Waals surface area contributed by atoms with Crippen molar-refractivity contribution in [1.29, 1.82) is 0 Å². The molecule has 0 saturated heterocycles. The van der Waals surface area contributed by atoms with Crippen LogP contribution in [0.2, 0.25) is 0 Å². The van der Waals surface area contributed by atoms with Crippen molar-refractivity contribution in [3.63, 3.8) is 0 Å². The van der Waals surface area contributed by atoms with Gasteiger partial charge in [-0.05, 0) is 38.8 Å². The quantitative estimate of drug-likeness (QED) is 0.833. The fraction of sp³-hybridized carbons (Fsp3) is 0.800. The Hall–Kier alpha value is -0.480. The SMILES string of the molecule is CCn1cc(CC(CSC2CCCCC2)NC)cn1. The second kappa shape index (κ2) is 7.95. The highest BCUT2D eigenvalue weighted by Gasteiger charge is 2.16. The van der Waals surface area contributed by atoms with Gasteiger partial charge in [-0.2, -0.15) is 16.9 Å². The molecule has 3 nitrogen and oxygen atoms in total. The molecule has 0 aromatic carbocycles. The number of hydrogen-bond acceptors (Lipinski definition) is 3. The molecule has 1 N–H and O–H groups in total. The Morgan fingerprint density at radius 1 is 1.42 bits per heavy atom. The van der Waals surface area contributed by atoms with Crippen LogP contribution in [0, 0.1) is 0 Å². The number of aryl methyl sites for hydroxylation is 1. The molecule has 1 unspecified atom stereocenters. The Labute approximate surface area is 121 Å². The van der Waals surface area contributed by atoms with Gasteiger partial charge in [0.05, 0.1) is 6.20 Å². The highest BCUT2D eigenvalue weighted by molar-refractivity contribution is 7.99. The van der Waals surface area contributed by atoms with E-state index in [1.54, 1.807) is 0 Å². The molecule has 0 aliphatic heterocycles. The maximum Gasteiger partial charge on any atom is 0.0522 e. The lowest BCUT2D eigenvalue weighted by molar-refractivity contribution is 0.514. The van der Waals surface area contributed by atoms with Crippen molar-refractivity contribution in [2.75, 3.05) is 12.8 Å². The topological polar surface area (TPSA) is 29.9 Å². The van der Waals surface area contributed by atoms with Crippen LogP contribution in [0.15, 0.2) is 12.4 Å². The van der Waals surface area contributed by atoms with Crippen molar-refractivity contribution in [2.24, 2.45) is 0 Å². The van der Waals surface area contributed by atoms with E-state index in [1.807, 2.05) is 10.9 Å². The molecule has 1 saturated carbocycles. The monoisotopic (exact) mass is 281 g/mol. The van der Waals surface area contributed by atoms with Crippen molar-refractivity contribution in [2.45, 2.75) is 63.3 Å². The van der Waals surface area contributed by atoms with Gasteiger partial charge in [-0.3, -0.25) is 4.68 Å². The second-order valence-corrected chi connectivity index (χ2v) is 6.82. The van der Waals surface area contributed by atoms with Crippen LogP contribution in [0.3, 0.4) is 0 Å². The van der Waals surface area contributed by atoms with Gasteiger partial charge in [0.15, 0.2) is 0 Å². The highest BCUT2D eigenvalue weighted by Crippen LogP contribution is 2.28. The van der Waals surface area contributed by atoms with Gasteiger partial charge in [0.2, 0.25) is 0 Å². The third-order valence-electron chi connectivity index (χ3n) is 3.99. The van der Waals surface area contributed by atoms with Crippen molar-refractivity contribution in [1.82, 2.24) is 15.1 Å². The molecule has 1 fully saturated rings. The van der Waals surface area contributed by atoms with Crippen molar-refractivity contribution in [3.8, 4) is 0 Å². The van der Waals surface area contributed by atoms with Crippen LogP contribution in [0.25, 0.3) is 0 Å². The van der Waals surface area contributed by atoms with Crippen molar-refractivity contribution >= 4 is 11.8 Å². The van der Waals surface area contributed by atoms with Crippen LogP contribution in [-0.2, 0) is 13.0 Å². The molecule has 1 atom stereocenters. The Kier molecular flexibility index (Phi) is 6.24. The zero-order valence-electron chi connectivity index (χ0n) is 12.3. The van der Waals surface area contributed by atoms with Crippen molar-refractivity contribution in [3.05, 3.63) is 18.0 Å². The fourth-order valence-electron chi connectivity index (χ4n) is 2.70. The van der Waals surface area contributed by atoms with E-state index < -0.39 is 0 Å².